The average molecular weight is 236 g/mol. The third kappa shape index (κ3) is 2.52. The van der Waals surface area contributed by atoms with Gasteiger partial charge < -0.3 is 9.47 Å². The molecule has 0 saturated heterocycles. The number of fused-ring (bicyclic) bond motifs is 1. The van der Waals surface area contributed by atoms with Crippen LogP contribution in [0.25, 0.3) is 10.1 Å². The van der Waals surface area contributed by atoms with Gasteiger partial charge in [-0.2, -0.15) is 0 Å². The van der Waals surface area contributed by atoms with Gasteiger partial charge in [0.05, 0.1) is 6.61 Å². The Morgan fingerprint density at radius 2 is 2.25 bits per heavy atom. The van der Waals surface area contributed by atoms with Crippen LogP contribution in [0.4, 0.5) is 0 Å². The summed E-state index contributed by atoms with van der Waals surface area (Å²) < 4.78 is 11.3. The van der Waals surface area contributed by atoms with E-state index in [0.29, 0.717) is 12.4 Å². The minimum Gasteiger partial charge on any atom is -0.482 e. The Labute approximate surface area is 97.6 Å². The van der Waals surface area contributed by atoms with Gasteiger partial charge in [0, 0.05) is 4.70 Å². The van der Waals surface area contributed by atoms with E-state index in [-0.39, 0.29) is 12.6 Å². The van der Waals surface area contributed by atoms with Crippen molar-refractivity contribution >= 4 is 27.4 Å². The molecule has 0 aliphatic rings. The van der Waals surface area contributed by atoms with Crippen molar-refractivity contribution in [3.8, 4) is 5.75 Å². The first-order valence-electron chi connectivity index (χ1n) is 5.05. The molecule has 0 unspecified atom stereocenters. The van der Waals surface area contributed by atoms with Gasteiger partial charge in [-0.15, -0.1) is 11.3 Å². The number of hydrogen-bond acceptors (Lipinski definition) is 4. The molecule has 0 saturated carbocycles. The molecule has 3 nitrogen and oxygen atoms in total. The van der Waals surface area contributed by atoms with Crippen molar-refractivity contribution in [2.24, 2.45) is 0 Å². The maximum Gasteiger partial charge on any atom is 0.344 e. The zero-order chi connectivity index (χ0) is 11.4. The van der Waals surface area contributed by atoms with E-state index in [1.807, 2.05) is 23.6 Å². The zero-order valence-electron chi connectivity index (χ0n) is 8.93. The summed E-state index contributed by atoms with van der Waals surface area (Å²) in [6, 6.07) is 7.81. The highest BCUT2D eigenvalue weighted by Gasteiger charge is 2.03. The molecular weight excluding hydrogens is 224 g/mol. The van der Waals surface area contributed by atoms with Crippen molar-refractivity contribution in [1.82, 2.24) is 0 Å². The van der Waals surface area contributed by atoms with Crippen LogP contribution in [-0.2, 0) is 9.53 Å². The fourth-order valence-corrected chi connectivity index (χ4v) is 2.19. The van der Waals surface area contributed by atoms with Crippen LogP contribution in [0.15, 0.2) is 29.6 Å². The molecule has 1 aromatic carbocycles. The summed E-state index contributed by atoms with van der Waals surface area (Å²) in [5.41, 5.74) is 0. The molecule has 1 heterocycles. The molecule has 0 radical (unpaired) electrons. The molecule has 0 aliphatic carbocycles. The van der Waals surface area contributed by atoms with E-state index >= 15 is 0 Å². The average Bonchev–Trinajstić information content (AvgIpc) is 2.74. The molecule has 0 N–H and O–H groups in total. The van der Waals surface area contributed by atoms with Gasteiger partial charge in [0.25, 0.3) is 0 Å². The van der Waals surface area contributed by atoms with Gasteiger partial charge in [-0.3, -0.25) is 0 Å². The molecule has 0 fully saturated rings. The van der Waals surface area contributed by atoms with Crippen LogP contribution in [0.5, 0.6) is 5.75 Å². The molecule has 2 aromatic rings. The maximum absolute atomic E-state index is 11.1. The number of carbonyl (C=O) groups is 1. The summed E-state index contributed by atoms with van der Waals surface area (Å²) in [6.07, 6.45) is 0. The summed E-state index contributed by atoms with van der Waals surface area (Å²) in [6.45, 7) is 2.12. The second-order valence-corrected chi connectivity index (χ2v) is 4.16. The van der Waals surface area contributed by atoms with E-state index in [0.717, 1.165) is 4.70 Å². The number of ether oxygens (including phenoxy) is 2. The van der Waals surface area contributed by atoms with Crippen LogP contribution in [-0.4, -0.2) is 19.2 Å². The number of hydrogen-bond donors (Lipinski definition) is 0. The van der Waals surface area contributed by atoms with Gasteiger partial charge in [0.15, 0.2) is 6.61 Å². The topological polar surface area (TPSA) is 35.5 Å². The van der Waals surface area contributed by atoms with E-state index < -0.39 is 0 Å². The van der Waals surface area contributed by atoms with Gasteiger partial charge in [0.2, 0.25) is 0 Å². The summed E-state index contributed by atoms with van der Waals surface area (Å²) in [7, 11) is 0. The van der Waals surface area contributed by atoms with Crippen LogP contribution < -0.4 is 4.74 Å². The molecule has 0 spiro atoms. The standard InChI is InChI=1S/C12H12O3S/c1-2-14-12(13)8-15-10-4-3-9-5-6-16-11(9)7-10/h3-7H,2,8H2,1H3. The highest BCUT2D eigenvalue weighted by atomic mass is 32.1. The molecule has 0 amide bonds. The normalized spacial score (nSPS) is 10.3. The van der Waals surface area contributed by atoms with Crippen LogP contribution in [0, 0.1) is 0 Å². The predicted octanol–water partition coefficient (Wildman–Crippen LogP) is 2.84. The van der Waals surface area contributed by atoms with E-state index in [1.165, 1.54) is 5.39 Å². The number of thiophene rings is 1. The lowest BCUT2D eigenvalue weighted by atomic mass is 10.2. The Bertz CT molecular complexity index is 490. The van der Waals surface area contributed by atoms with Gasteiger partial charge in [-0.25, -0.2) is 4.79 Å². The molecule has 4 heteroatoms. The lowest BCUT2D eigenvalue weighted by molar-refractivity contribution is -0.145. The minimum absolute atomic E-state index is 0.0370. The number of rotatable bonds is 4. The molecular formula is C12H12O3S. The van der Waals surface area contributed by atoms with Crippen molar-refractivity contribution in [3.63, 3.8) is 0 Å². The second kappa shape index (κ2) is 4.99. The van der Waals surface area contributed by atoms with Gasteiger partial charge in [0.1, 0.15) is 5.75 Å². The van der Waals surface area contributed by atoms with E-state index in [9.17, 15) is 4.79 Å². The smallest absolute Gasteiger partial charge is 0.344 e. The fourth-order valence-electron chi connectivity index (χ4n) is 1.37. The molecule has 0 bridgehead atoms. The van der Waals surface area contributed by atoms with Crippen molar-refractivity contribution in [2.45, 2.75) is 6.92 Å². The first-order chi connectivity index (χ1) is 7.79. The first kappa shape index (κ1) is 11.0. The highest BCUT2D eigenvalue weighted by molar-refractivity contribution is 7.17. The van der Waals surface area contributed by atoms with E-state index in [1.54, 1.807) is 18.3 Å². The first-order valence-corrected chi connectivity index (χ1v) is 5.93. The van der Waals surface area contributed by atoms with E-state index in [4.69, 9.17) is 9.47 Å². The van der Waals surface area contributed by atoms with Crippen LogP contribution >= 0.6 is 11.3 Å². The Kier molecular flexibility index (Phi) is 3.41. The van der Waals surface area contributed by atoms with Gasteiger partial charge in [-0.05, 0) is 42.0 Å². The summed E-state index contributed by atoms with van der Waals surface area (Å²) in [5, 5.41) is 3.22. The predicted molar refractivity (Wildman–Crippen MR) is 64.0 cm³/mol. The minimum atomic E-state index is -0.339. The summed E-state index contributed by atoms with van der Waals surface area (Å²) in [4.78, 5) is 11.1. The van der Waals surface area contributed by atoms with Gasteiger partial charge >= 0.3 is 5.97 Å². The van der Waals surface area contributed by atoms with Crippen molar-refractivity contribution in [2.75, 3.05) is 13.2 Å². The zero-order valence-corrected chi connectivity index (χ0v) is 9.75. The van der Waals surface area contributed by atoms with Crippen molar-refractivity contribution < 1.29 is 14.3 Å². The van der Waals surface area contributed by atoms with Crippen LogP contribution in [0.2, 0.25) is 0 Å². The van der Waals surface area contributed by atoms with Gasteiger partial charge in [-0.1, -0.05) is 0 Å². The molecule has 2 rings (SSSR count). The highest BCUT2D eigenvalue weighted by Crippen LogP contribution is 2.25. The Morgan fingerprint density at radius 1 is 1.38 bits per heavy atom. The molecule has 0 aliphatic heterocycles. The van der Waals surface area contributed by atoms with Crippen LogP contribution in [0.3, 0.4) is 0 Å². The number of carbonyl (C=O) groups excluding carboxylic acids is 1. The SMILES string of the molecule is CCOC(=O)COc1ccc2ccsc2c1. The Balaban J connectivity index is 2.01. The second-order valence-electron chi connectivity index (χ2n) is 3.21. The summed E-state index contributed by atoms with van der Waals surface area (Å²) >= 11 is 1.65. The maximum atomic E-state index is 11.1. The largest absolute Gasteiger partial charge is 0.482 e. The number of benzene rings is 1. The van der Waals surface area contributed by atoms with Crippen molar-refractivity contribution in [1.29, 1.82) is 0 Å². The van der Waals surface area contributed by atoms with Crippen molar-refractivity contribution in [3.05, 3.63) is 29.6 Å². The monoisotopic (exact) mass is 236 g/mol. The van der Waals surface area contributed by atoms with Crippen LogP contribution in [0.1, 0.15) is 6.92 Å². The lowest BCUT2D eigenvalue weighted by Crippen LogP contribution is -2.14. The third-order valence-electron chi connectivity index (χ3n) is 2.09. The Morgan fingerprint density at radius 3 is 3.06 bits per heavy atom. The molecule has 84 valence electrons. The molecule has 16 heavy (non-hydrogen) atoms. The molecule has 0 atom stereocenters. The molecule has 1 aromatic heterocycles. The third-order valence-corrected chi connectivity index (χ3v) is 2.97. The quantitative estimate of drug-likeness (QED) is 0.766. The number of esters is 1. The summed E-state index contributed by atoms with van der Waals surface area (Å²) in [5.74, 6) is 0.358. The fraction of sp³-hybridized carbons (Fsp3) is 0.250. The lowest BCUT2D eigenvalue weighted by Gasteiger charge is -2.05. The van der Waals surface area contributed by atoms with E-state index in [2.05, 4.69) is 6.07 Å². The Hall–Kier alpha value is -1.55.